The highest BCUT2D eigenvalue weighted by molar-refractivity contribution is 5.86. The van der Waals surface area contributed by atoms with Crippen molar-refractivity contribution >= 4 is 10.9 Å². The summed E-state index contributed by atoms with van der Waals surface area (Å²) in [5, 5.41) is 0.448. The number of nitrogens with one attached hydrogen (secondary N) is 1. The highest BCUT2D eigenvalue weighted by atomic mass is 16.5. The van der Waals surface area contributed by atoms with Gasteiger partial charge in [-0.2, -0.15) is 0 Å². The summed E-state index contributed by atoms with van der Waals surface area (Å²) in [4.78, 5) is 18.5. The third-order valence-electron chi connectivity index (χ3n) is 2.81. The second kappa shape index (κ2) is 7.61. The third kappa shape index (κ3) is 3.71. The first-order valence-electron chi connectivity index (χ1n) is 6.51. The lowest BCUT2D eigenvalue weighted by Gasteiger charge is -2.14. The molecular weight excluding hydrogens is 276 g/mol. The summed E-state index contributed by atoms with van der Waals surface area (Å²) in [5.41, 5.74) is 0.241. The summed E-state index contributed by atoms with van der Waals surface area (Å²) in [6, 6.07) is 3.35. The molecule has 0 radical (unpaired) electrons. The molecule has 0 saturated carbocycles. The van der Waals surface area contributed by atoms with E-state index in [4.69, 9.17) is 18.9 Å². The zero-order chi connectivity index (χ0) is 15.1. The van der Waals surface area contributed by atoms with Gasteiger partial charge in [-0.05, 0) is 12.1 Å². The molecule has 7 nitrogen and oxygen atoms in total. The summed E-state index contributed by atoms with van der Waals surface area (Å²) < 4.78 is 21.2. The quantitative estimate of drug-likeness (QED) is 0.731. The van der Waals surface area contributed by atoms with Crippen LogP contribution < -0.4 is 15.0 Å². The Bertz CT molecular complexity index is 641. The van der Waals surface area contributed by atoms with Crippen molar-refractivity contribution in [2.24, 2.45) is 0 Å². The van der Waals surface area contributed by atoms with E-state index in [0.717, 1.165) is 0 Å². The molecule has 21 heavy (non-hydrogen) atoms. The van der Waals surface area contributed by atoms with Crippen molar-refractivity contribution < 1.29 is 18.9 Å². The van der Waals surface area contributed by atoms with Crippen molar-refractivity contribution in [3.05, 3.63) is 28.8 Å². The standard InChI is InChI=1S/C14H18N2O5/c1-18-5-7-20-11-4-3-10-12(15-9-16-14(10)17)13(11)21-8-6-19-2/h3-4,9H,5-8H2,1-2H3,(H,15,16,17). The van der Waals surface area contributed by atoms with Crippen LogP contribution in [-0.4, -0.2) is 50.6 Å². The van der Waals surface area contributed by atoms with Crippen LogP contribution in [0.4, 0.5) is 0 Å². The van der Waals surface area contributed by atoms with E-state index < -0.39 is 0 Å². The lowest BCUT2D eigenvalue weighted by atomic mass is 10.2. The largest absolute Gasteiger partial charge is 0.487 e. The predicted molar refractivity (Wildman–Crippen MR) is 77.1 cm³/mol. The second-order valence-corrected chi connectivity index (χ2v) is 4.20. The summed E-state index contributed by atoms with van der Waals surface area (Å²) >= 11 is 0. The molecular formula is C14H18N2O5. The summed E-state index contributed by atoms with van der Waals surface area (Å²) in [6.07, 6.45) is 1.34. The molecule has 1 aromatic heterocycles. The summed E-state index contributed by atoms with van der Waals surface area (Å²) in [7, 11) is 3.19. The van der Waals surface area contributed by atoms with Gasteiger partial charge in [-0.25, -0.2) is 4.98 Å². The third-order valence-corrected chi connectivity index (χ3v) is 2.81. The van der Waals surface area contributed by atoms with Gasteiger partial charge in [0.05, 0.1) is 24.9 Å². The monoisotopic (exact) mass is 294 g/mol. The average molecular weight is 294 g/mol. The van der Waals surface area contributed by atoms with E-state index in [-0.39, 0.29) is 5.56 Å². The molecule has 1 aromatic carbocycles. The number of aromatic nitrogens is 2. The molecule has 0 bridgehead atoms. The average Bonchev–Trinajstić information content (AvgIpc) is 2.49. The zero-order valence-corrected chi connectivity index (χ0v) is 12.0. The van der Waals surface area contributed by atoms with E-state index in [9.17, 15) is 4.79 Å². The van der Waals surface area contributed by atoms with Gasteiger partial charge in [0.1, 0.15) is 18.7 Å². The molecule has 1 heterocycles. The number of benzene rings is 1. The maximum absolute atomic E-state index is 11.8. The lowest BCUT2D eigenvalue weighted by molar-refractivity contribution is 0.133. The van der Waals surface area contributed by atoms with E-state index in [0.29, 0.717) is 48.8 Å². The minimum Gasteiger partial charge on any atom is -0.487 e. The van der Waals surface area contributed by atoms with Crippen molar-refractivity contribution in [1.29, 1.82) is 0 Å². The highest BCUT2D eigenvalue weighted by Crippen LogP contribution is 2.33. The van der Waals surface area contributed by atoms with Crippen LogP contribution in [0.15, 0.2) is 23.3 Å². The molecule has 0 amide bonds. The van der Waals surface area contributed by atoms with Crippen LogP contribution in [0.1, 0.15) is 0 Å². The Morgan fingerprint density at radius 3 is 2.48 bits per heavy atom. The topological polar surface area (TPSA) is 82.7 Å². The van der Waals surface area contributed by atoms with Crippen LogP contribution in [0.5, 0.6) is 11.5 Å². The smallest absolute Gasteiger partial charge is 0.258 e. The number of rotatable bonds is 8. The molecule has 0 fully saturated rings. The molecule has 0 atom stereocenters. The number of H-pyrrole nitrogens is 1. The molecule has 1 N–H and O–H groups in total. The molecule has 0 unspecified atom stereocenters. The molecule has 0 saturated heterocycles. The number of ether oxygens (including phenoxy) is 4. The minimum atomic E-state index is -0.222. The fourth-order valence-corrected chi connectivity index (χ4v) is 1.81. The second-order valence-electron chi connectivity index (χ2n) is 4.20. The number of aromatic amines is 1. The highest BCUT2D eigenvalue weighted by Gasteiger charge is 2.13. The Kier molecular flexibility index (Phi) is 5.53. The Labute approximate surface area is 121 Å². The summed E-state index contributed by atoms with van der Waals surface area (Å²) in [6.45, 7) is 1.60. The summed E-state index contributed by atoms with van der Waals surface area (Å²) in [5.74, 6) is 0.959. The maximum atomic E-state index is 11.8. The number of nitrogens with zero attached hydrogens (tertiary/aromatic N) is 1. The number of fused-ring (bicyclic) bond motifs is 1. The van der Waals surface area contributed by atoms with Crippen LogP contribution in [0.2, 0.25) is 0 Å². The van der Waals surface area contributed by atoms with Gasteiger partial charge in [0, 0.05) is 14.2 Å². The van der Waals surface area contributed by atoms with Crippen molar-refractivity contribution in [3.8, 4) is 11.5 Å². The molecule has 0 aliphatic heterocycles. The van der Waals surface area contributed by atoms with Crippen LogP contribution in [0, 0.1) is 0 Å². The Morgan fingerprint density at radius 1 is 1.05 bits per heavy atom. The molecule has 0 spiro atoms. The van der Waals surface area contributed by atoms with Crippen LogP contribution >= 0.6 is 0 Å². The molecule has 2 rings (SSSR count). The molecule has 7 heteroatoms. The van der Waals surface area contributed by atoms with Crippen molar-refractivity contribution in [2.75, 3.05) is 40.6 Å². The number of hydrogen-bond acceptors (Lipinski definition) is 6. The van der Waals surface area contributed by atoms with E-state index >= 15 is 0 Å². The van der Waals surface area contributed by atoms with Gasteiger partial charge in [0.2, 0.25) is 0 Å². The molecule has 0 aliphatic carbocycles. The van der Waals surface area contributed by atoms with E-state index in [1.54, 1.807) is 26.4 Å². The van der Waals surface area contributed by atoms with Crippen LogP contribution in [0.25, 0.3) is 10.9 Å². The first-order chi connectivity index (χ1) is 10.3. The Morgan fingerprint density at radius 2 is 1.76 bits per heavy atom. The van der Waals surface area contributed by atoms with Crippen molar-refractivity contribution in [2.45, 2.75) is 0 Å². The zero-order valence-electron chi connectivity index (χ0n) is 12.0. The Balaban J connectivity index is 2.36. The molecule has 2 aromatic rings. The van der Waals surface area contributed by atoms with Gasteiger partial charge < -0.3 is 23.9 Å². The maximum Gasteiger partial charge on any atom is 0.258 e. The first kappa shape index (κ1) is 15.3. The minimum absolute atomic E-state index is 0.222. The van der Waals surface area contributed by atoms with Crippen LogP contribution in [-0.2, 0) is 9.47 Å². The fraction of sp³-hybridized carbons (Fsp3) is 0.429. The van der Waals surface area contributed by atoms with Gasteiger partial charge >= 0.3 is 0 Å². The van der Waals surface area contributed by atoms with Gasteiger partial charge in [-0.3, -0.25) is 4.79 Å². The molecule has 0 aliphatic rings. The van der Waals surface area contributed by atoms with E-state index in [1.165, 1.54) is 6.33 Å². The van der Waals surface area contributed by atoms with Crippen molar-refractivity contribution in [1.82, 2.24) is 9.97 Å². The van der Waals surface area contributed by atoms with E-state index in [1.807, 2.05) is 0 Å². The van der Waals surface area contributed by atoms with Gasteiger partial charge in [0.15, 0.2) is 11.5 Å². The molecule has 114 valence electrons. The predicted octanol–water partition coefficient (Wildman–Crippen LogP) is 0.974. The number of methoxy groups -OCH3 is 2. The van der Waals surface area contributed by atoms with Gasteiger partial charge in [-0.1, -0.05) is 0 Å². The SMILES string of the molecule is COCCOc1ccc2c(=O)[nH]cnc2c1OCCOC. The Hall–Kier alpha value is -2.12. The fourth-order valence-electron chi connectivity index (χ4n) is 1.81. The number of hydrogen-bond donors (Lipinski definition) is 1. The van der Waals surface area contributed by atoms with E-state index in [2.05, 4.69) is 9.97 Å². The lowest BCUT2D eigenvalue weighted by Crippen LogP contribution is -2.11. The van der Waals surface area contributed by atoms with Gasteiger partial charge in [-0.15, -0.1) is 0 Å². The normalized spacial score (nSPS) is 10.8. The van der Waals surface area contributed by atoms with Crippen molar-refractivity contribution in [3.63, 3.8) is 0 Å². The van der Waals surface area contributed by atoms with Crippen LogP contribution in [0.3, 0.4) is 0 Å². The van der Waals surface area contributed by atoms with Gasteiger partial charge in [0.25, 0.3) is 5.56 Å². The first-order valence-corrected chi connectivity index (χ1v) is 6.51.